The molecule has 2 unspecified atom stereocenters. The fourth-order valence-corrected chi connectivity index (χ4v) is 2.99. The molecule has 0 amide bonds. The van der Waals surface area contributed by atoms with Crippen LogP contribution in [0.25, 0.3) is 0 Å². The van der Waals surface area contributed by atoms with Crippen LogP contribution in [0.15, 0.2) is 53.4 Å². The minimum atomic E-state index is -0.944. The normalized spacial score (nSPS) is 14.4. The molecule has 0 aromatic heterocycles. The van der Waals surface area contributed by atoms with E-state index in [4.69, 9.17) is 0 Å². The molecule has 2 atom stereocenters. The van der Waals surface area contributed by atoms with E-state index >= 15 is 0 Å². The maximum Gasteiger partial charge on any atom is 0.0914 e. The second-order valence-electron chi connectivity index (χ2n) is 7.12. The zero-order chi connectivity index (χ0) is 17.7. The molecule has 0 heterocycles. The summed E-state index contributed by atoms with van der Waals surface area (Å²) in [5.74, 6) is 0. The molecular formula is C20H27NO2S. The summed E-state index contributed by atoms with van der Waals surface area (Å²) in [4.78, 5) is 0.831. The van der Waals surface area contributed by atoms with Gasteiger partial charge < -0.3 is 10.4 Å². The van der Waals surface area contributed by atoms with Gasteiger partial charge in [0.05, 0.1) is 6.10 Å². The summed E-state index contributed by atoms with van der Waals surface area (Å²) in [6.07, 6.45) is 1.15. The summed E-state index contributed by atoms with van der Waals surface area (Å²) in [7, 11) is -0.944. The largest absolute Gasteiger partial charge is 0.387 e. The van der Waals surface area contributed by atoms with E-state index in [0.29, 0.717) is 13.1 Å². The Morgan fingerprint density at radius 2 is 1.62 bits per heavy atom. The summed E-state index contributed by atoms with van der Waals surface area (Å²) in [5, 5.41) is 13.6. The summed E-state index contributed by atoms with van der Waals surface area (Å²) >= 11 is 0. The van der Waals surface area contributed by atoms with Gasteiger partial charge in [0.2, 0.25) is 0 Å². The third kappa shape index (κ3) is 5.26. The predicted molar refractivity (Wildman–Crippen MR) is 101 cm³/mol. The Morgan fingerprint density at radius 3 is 2.12 bits per heavy atom. The topological polar surface area (TPSA) is 49.3 Å². The van der Waals surface area contributed by atoms with E-state index < -0.39 is 16.9 Å². The maximum absolute atomic E-state index is 11.4. The van der Waals surface area contributed by atoms with Crippen molar-refractivity contribution in [3.05, 3.63) is 65.2 Å². The molecule has 2 rings (SSSR count). The van der Waals surface area contributed by atoms with Crippen molar-refractivity contribution in [3.63, 3.8) is 0 Å². The molecule has 0 bridgehead atoms. The highest BCUT2D eigenvalue weighted by atomic mass is 32.2. The minimum absolute atomic E-state index is 0.121. The first-order valence-corrected chi connectivity index (χ1v) is 9.75. The fourth-order valence-electron chi connectivity index (χ4n) is 2.48. The Morgan fingerprint density at radius 1 is 1.04 bits per heavy atom. The van der Waals surface area contributed by atoms with Gasteiger partial charge in [-0.25, -0.2) is 0 Å². The van der Waals surface area contributed by atoms with Gasteiger partial charge in [-0.2, -0.15) is 0 Å². The standard InChI is InChI=1S/C20H27NO2S/c1-20(2,3)17-9-7-16(8-10-17)19(22)14-21-13-15-5-11-18(12-6-15)24(4)23/h5-12,19,21-22H,13-14H2,1-4H3. The van der Waals surface area contributed by atoms with Crippen LogP contribution in [0.3, 0.4) is 0 Å². The van der Waals surface area contributed by atoms with Crippen molar-refractivity contribution in [1.82, 2.24) is 5.32 Å². The predicted octanol–water partition coefficient (Wildman–Crippen LogP) is 3.54. The molecule has 3 nitrogen and oxygen atoms in total. The number of aliphatic hydroxyl groups excluding tert-OH is 1. The van der Waals surface area contributed by atoms with Crippen molar-refractivity contribution < 1.29 is 9.32 Å². The first kappa shape index (κ1) is 18.8. The molecule has 2 N–H and O–H groups in total. The highest BCUT2D eigenvalue weighted by Gasteiger charge is 2.14. The average Bonchev–Trinajstić information content (AvgIpc) is 2.54. The lowest BCUT2D eigenvalue weighted by atomic mass is 9.86. The minimum Gasteiger partial charge on any atom is -0.387 e. The molecule has 0 aliphatic heterocycles. The van der Waals surface area contributed by atoms with Gasteiger partial charge in [-0.3, -0.25) is 4.21 Å². The quantitative estimate of drug-likeness (QED) is 0.842. The van der Waals surface area contributed by atoms with Gasteiger partial charge in [0.15, 0.2) is 0 Å². The molecule has 24 heavy (non-hydrogen) atoms. The van der Waals surface area contributed by atoms with E-state index in [2.05, 4.69) is 38.2 Å². The lowest BCUT2D eigenvalue weighted by Crippen LogP contribution is -2.21. The fraction of sp³-hybridized carbons (Fsp3) is 0.400. The zero-order valence-electron chi connectivity index (χ0n) is 14.9. The molecule has 2 aromatic rings. The van der Waals surface area contributed by atoms with E-state index in [1.807, 2.05) is 36.4 Å². The van der Waals surface area contributed by atoms with Gasteiger partial charge in [0.1, 0.15) is 0 Å². The Bertz CT molecular complexity index is 672. The van der Waals surface area contributed by atoms with Crippen LogP contribution in [0.2, 0.25) is 0 Å². The molecule has 0 fully saturated rings. The number of rotatable bonds is 6. The van der Waals surface area contributed by atoms with Gasteiger partial charge in [-0.05, 0) is 34.2 Å². The number of aliphatic hydroxyl groups is 1. The molecule has 0 saturated heterocycles. The number of nitrogens with one attached hydrogen (secondary N) is 1. The first-order chi connectivity index (χ1) is 11.3. The van der Waals surface area contributed by atoms with Gasteiger partial charge in [0.25, 0.3) is 0 Å². The SMILES string of the molecule is CS(=O)c1ccc(CNCC(O)c2ccc(C(C)(C)C)cc2)cc1. The van der Waals surface area contributed by atoms with E-state index in [9.17, 15) is 9.32 Å². The maximum atomic E-state index is 11.4. The second-order valence-corrected chi connectivity index (χ2v) is 8.50. The van der Waals surface area contributed by atoms with Crippen LogP contribution in [0, 0.1) is 0 Å². The molecule has 0 spiro atoms. The zero-order valence-corrected chi connectivity index (χ0v) is 15.7. The summed E-state index contributed by atoms with van der Waals surface area (Å²) in [6.45, 7) is 7.71. The molecule has 4 heteroatoms. The molecular weight excluding hydrogens is 318 g/mol. The van der Waals surface area contributed by atoms with Gasteiger partial charge in [0, 0.05) is 35.0 Å². The Labute approximate surface area is 147 Å². The first-order valence-electron chi connectivity index (χ1n) is 8.19. The molecule has 2 aromatic carbocycles. The third-order valence-corrected chi connectivity index (χ3v) is 5.02. The summed E-state index contributed by atoms with van der Waals surface area (Å²) < 4.78 is 11.4. The van der Waals surface area contributed by atoms with Crippen molar-refractivity contribution in [2.24, 2.45) is 0 Å². The van der Waals surface area contributed by atoms with Crippen LogP contribution in [0.5, 0.6) is 0 Å². The summed E-state index contributed by atoms with van der Waals surface area (Å²) in [6, 6.07) is 15.9. The lowest BCUT2D eigenvalue weighted by molar-refractivity contribution is 0.174. The van der Waals surface area contributed by atoms with Crippen LogP contribution in [0.1, 0.15) is 43.6 Å². The van der Waals surface area contributed by atoms with Gasteiger partial charge in [-0.15, -0.1) is 0 Å². The van der Waals surface area contributed by atoms with Gasteiger partial charge in [-0.1, -0.05) is 57.2 Å². The summed E-state index contributed by atoms with van der Waals surface area (Å²) in [5.41, 5.74) is 3.42. The van der Waals surface area contributed by atoms with Crippen molar-refractivity contribution in [2.75, 3.05) is 12.8 Å². The molecule has 0 saturated carbocycles. The molecule has 0 aliphatic carbocycles. The van der Waals surface area contributed by atoms with Gasteiger partial charge >= 0.3 is 0 Å². The average molecular weight is 346 g/mol. The lowest BCUT2D eigenvalue weighted by Gasteiger charge is -2.20. The Balaban J connectivity index is 1.86. The second kappa shape index (κ2) is 8.06. The molecule has 130 valence electrons. The molecule has 0 radical (unpaired) electrons. The van der Waals surface area contributed by atoms with Crippen molar-refractivity contribution >= 4 is 10.8 Å². The van der Waals surface area contributed by atoms with E-state index in [1.165, 1.54) is 5.56 Å². The van der Waals surface area contributed by atoms with E-state index in [-0.39, 0.29) is 5.41 Å². The van der Waals surface area contributed by atoms with E-state index in [1.54, 1.807) is 6.26 Å². The van der Waals surface area contributed by atoms with Crippen molar-refractivity contribution in [2.45, 2.75) is 43.7 Å². The highest BCUT2D eigenvalue weighted by molar-refractivity contribution is 7.84. The number of hydrogen-bond donors (Lipinski definition) is 2. The van der Waals surface area contributed by atoms with Crippen LogP contribution in [0.4, 0.5) is 0 Å². The Kier molecular flexibility index (Phi) is 6.33. The number of hydrogen-bond acceptors (Lipinski definition) is 3. The number of benzene rings is 2. The van der Waals surface area contributed by atoms with Crippen molar-refractivity contribution in [3.8, 4) is 0 Å². The monoisotopic (exact) mass is 345 g/mol. The third-order valence-electron chi connectivity index (χ3n) is 4.08. The Hall–Kier alpha value is -1.49. The highest BCUT2D eigenvalue weighted by Crippen LogP contribution is 2.23. The van der Waals surface area contributed by atoms with E-state index in [0.717, 1.165) is 16.0 Å². The van der Waals surface area contributed by atoms with Crippen LogP contribution < -0.4 is 5.32 Å². The molecule has 0 aliphatic rings. The van der Waals surface area contributed by atoms with Crippen LogP contribution in [-0.4, -0.2) is 22.1 Å². The van der Waals surface area contributed by atoms with Crippen molar-refractivity contribution in [1.29, 1.82) is 0 Å². The van der Waals surface area contributed by atoms with Crippen LogP contribution >= 0.6 is 0 Å². The smallest absolute Gasteiger partial charge is 0.0914 e. The van der Waals surface area contributed by atoms with Crippen LogP contribution in [-0.2, 0) is 22.8 Å².